The summed E-state index contributed by atoms with van der Waals surface area (Å²) in [5.74, 6) is 1.99. The van der Waals surface area contributed by atoms with Crippen LogP contribution in [0, 0.1) is 6.92 Å². The van der Waals surface area contributed by atoms with Crippen molar-refractivity contribution in [1.82, 2.24) is 4.98 Å². The molecule has 1 heterocycles. The van der Waals surface area contributed by atoms with Crippen LogP contribution < -0.4 is 4.74 Å². The number of rotatable bonds is 6. The van der Waals surface area contributed by atoms with Crippen molar-refractivity contribution in [2.45, 2.75) is 13.3 Å². The molecule has 4 heteroatoms. The van der Waals surface area contributed by atoms with Gasteiger partial charge in [-0.25, -0.2) is 4.98 Å². The Labute approximate surface area is 134 Å². The molecule has 3 rings (SSSR count). The first-order valence-corrected chi connectivity index (χ1v) is 7.46. The zero-order chi connectivity index (χ0) is 16.1. The number of nitrogens with zero attached hydrogens (tertiary/aromatic N) is 1. The van der Waals surface area contributed by atoms with Crippen LogP contribution in [0.25, 0.3) is 11.5 Å². The van der Waals surface area contributed by atoms with Crippen LogP contribution in [0.5, 0.6) is 5.75 Å². The molecule has 1 aromatic heterocycles. The van der Waals surface area contributed by atoms with E-state index in [9.17, 15) is 4.79 Å². The second-order valence-corrected chi connectivity index (χ2v) is 5.14. The molecule has 116 valence electrons. The second-order valence-electron chi connectivity index (χ2n) is 5.14. The number of carbonyl (C=O) groups is 1. The predicted molar refractivity (Wildman–Crippen MR) is 87.7 cm³/mol. The van der Waals surface area contributed by atoms with Gasteiger partial charge >= 0.3 is 0 Å². The zero-order valence-electron chi connectivity index (χ0n) is 12.9. The molecule has 0 aliphatic heterocycles. The normalized spacial score (nSPS) is 10.5. The van der Waals surface area contributed by atoms with Gasteiger partial charge in [-0.15, -0.1) is 0 Å². The van der Waals surface area contributed by atoms with Crippen LogP contribution in [0.3, 0.4) is 0 Å². The minimum atomic E-state index is 0.437. The van der Waals surface area contributed by atoms with E-state index in [-0.39, 0.29) is 0 Å². The quantitative estimate of drug-likeness (QED) is 0.644. The van der Waals surface area contributed by atoms with Crippen LogP contribution in [0.15, 0.2) is 59.0 Å². The van der Waals surface area contributed by atoms with Crippen LogP contribution in [0.2, 0.25) is 0 Å². The van der Waals surface area contributed by atoms with Gasteiger partial charge in [-0.3, -0.25) is 4.79 Å². The molecule has 0 unspecified atom stereocenters. The molecule has 2 aromatic carbocycles. The van der Waals surface area contributed by atoms with Crippen LogP contribution in [0.1, 0.15) is 21.8 Å². The van der Waals surface area contributed by atoms with E-state index in [1.165, 1.54) is 0 Å². The van der Waals surface area contributed by atoms with E-state index >= 15 is 0 Å². The molecular weight excluding hydrogens is 290 g/mol. The minimum absolute atomic E-state index is 0.437. The zero-order valence-corrected chi connectivity index (χ0v) is 12.9. The molecule has 0 N–H and O–H groups in total. The Morgan fingerprint density at radius 2 is 1.83 bits per heavy atom. The number of aryl methyl sites for hydroxylation is 1. The average molecular weight is 307 g/mol. The van der Waals surface area contributed by atoms with E-state index in [1.807, 2.05) is 49.4 Å². The standard InChI is InChI=1S/C19H17NO3/c1-14-17(20-19(23-14)15-7-3-2-4-8-15)11-12-22-18-10-6-5-9-16(18)13-21/h2-10,13H,11-12H2,1H3. The summed E-state index contributed by atoms with van der Waals surface area (Å²) < 4.78 is 11.4. The van der Waals surface area contributed by atoms with E-state index in [4.69, 9.17) is 9.15 Å². The summed E-state index contributed by atoms with van der Waals surface area (Å²) in [6.07, 6.45) is 1.42. The van der Waals surface area contributed by atoms with E-state index in [2.05, 4.69) is 4.98 Å². The van der Waals surface area contributed by atoms with Crippen LogP contribution >= 0.6 is 0 Å². The SMILES string of the molecule is Cc1oc(-c2ccccc2)nc1CCOc1ccccc1C=O. The van der Waals surface area contributed by atoms with Gasteiger partial charge in [0.15, 0.2) is 6.29 Å². The molecule has 0 saturated carbocycles. The lowest BCUT2D eigenvalue weighted by Gasteiger charge is -2.07. The summed E-state index contributed by atoms with van der Waals surface area (Å²) in [5.41, 5.74) is 2.37. The highest BCUT2D eigenvalue weighted by Crippen LogP contribution is 2.22. The number of hydrogen-bond acceptors (Lipinski definition) is 4. The highest BCUT2D eigenvalue weighted by atomic mass is 16.5. The molecule has 0 aliphatic carbocycles. The Balaban J connectivity index is 1.67. The third-order valence-corrected chi connectivity index (χ3v) is 3.56. The monoisotopic (exact) mass is 307 g/mol. The predicted octanol–water partition coefficient (Wildman–Crippen LogP) is 4.08. The maximum absolute atomic E-state index is 11.0. The summed E-state index contributed by atoms with van der Waals surface area (Å²) in [6, 6.07) is 17.0. The molecule has 4 nitrogen and oxygen atoms in total. The van der Waals surface area contributed by atoms with Gasteiger partial charge in [0.05, 0.1) is 17.9 Å². The Morgan fingerprint density at radius 1 is 1.09 bits per heavy atom. The molecule has 0 radical (unpaired) electrons. The molecule has 0 saturated heterocycles. The van der Waals surface area contributed by atoms with Crippen molar-refractivity contribution in [3.63, 3.8) is 0 Å². The third-order valence-electron chi connectivity index (χ3n) is 3.56. The first-order valence-electron chi connectivity index (χ1n) is 7.46. The fourth-order valence-electron chi connectivity index (χ4n) is 2.33. The molecule has 0 fully saturated rings. The molecule has 0 aliphatic rings. The summed E-state index contributed by atoms with van der Waals surface area (Å²) in [7, 11) is 0. The van der Waals surface area contributed by atoms with Crippen LogP contribution in [0.4, 0.5) is 0 Å². The maximum Gasteiger partial charge on any atom is 0.226 e. The number of para-hydroxylation sites is 1. The molecule has 0 bridgehead atoms. The van der Waals surface area contributed by atoms with E-state index in [0.29, 0.717) is 30.2 Å². The first kappa shape index (κ1) is 15.0. The van der Waals surface area contributed by atoms with Crippen molar-refractivity contribution in [3.8, 4) is 17.2 Å². The van der Waals surface area contributed by atoms with Crippen molar-refractivity contribution >= 4 is 6.29 Å². The number of ether oxygens (including phenoxy) is 1. The Morgan fingerprint density at radius 3 is 2.61 bits per heavy atom. The van der Waals surface area contributed by atoms with E-state index in [1.54, 1.807) is 12.1 Å². The van der Waals surface area contributed by atoms with Gasteiger partial charge in [-0.05, 0) is 31.2 Å². The Kier molecular flexibility index (Phi) is 4.52. The number of oxazole rings is 1. The molecule has 0 spiro atoms. The third kappa shape index (κ3) is 3.48. The van der Waals surface area contributed by atoms with Crippen LogP contribution in [-0.2, 0) is 6.42 Å². The average Bonchev–Trinajstić information content (AvgIpc) is 2.97. The first-order chi connectivity index (χ1) is 11.3. The van der Waals surface area contributed by atoms with Gasteiger partial charge in [0.2, 0.25) is 5.89 Å². The lowest BCUT2D eigenvalue weighted by molar-refractivity contribution is 0.111. The van der Waals surface area contributed by atoms with Gasteiger partial charge in [0.25, 0.3) is 0 Å². The smallest absolute Gasteiger partial charge is 0.226 e. The second kappa shape index (κ2) is 6.92. The van der Waals surface area contributed by atoms with E-state index in [0.717, 1.165) is 23.3 Å². The maximum atomic E-state index is 11.0. The fourth-order valence-corrected chi connectivity index (χ4v) is 2.33. The summed E-state index contributed by atoms with van der Waals surface area (Å²) in [5, 5.41) is 0. The summed E-state index contributed by atoms with van der Waals surface area (Å²) >= 11 is 0. The highest BCUT2D eigenvalue weighted by molar-refractivity contribution is 5.79. The van der Waals surface area contributed by atoms with Gasteiger partial charge in [-0.1, -0.05) is 30.3 Å². The van der Waals surface area contributed by atoms with Gasteiger partial charge < -0.3 is 9.15 Å². The molecule has 3 aromatic rings. The molecule has 23 heavy (non-hydrogen) atoms. The number of hydrogen-bond donors (Lipinski definition) is 0. The number of carbonyl (C=O) groups excluding carboxylic acids is 1. The fraction of sp³-hybridized carbons (Fsp3) is 0.158. The number of benzene rings is 2. The summed E-state index contributed by atoms with van der Waals surface area (Å²) in [6.45, 7) is 2.33. The lowest BCUT2D eigenvalue weighted by Crippen LogP contribution is -2.04. The highest BCUT2D eigenvalue weighted by Gasteiger charge is 2.11. The van der Waals surface area contributed by atoms with Crippen LogP contribution in [-0.4, -0.2) is 17.9 Å². The van der Waals surface area contributed by atoms with Gasteiger partial charge in [-0.2, -0.15) is 0 Å². The van der Waals surface area contributed by atoms with Crippen molar-refractivity contribution in [2.75, 3.05) is 6.61 Å². The Bertz CT molecular complexity index is 793. The summed E-state index contributed by atoms with van der Waals surface area (Å²) in [4.78, 5) is 15.5. The molecular formula is C19H17NO3. The topological polar surface area (TPSA) is 52.3 Å². The number of aldehydes is 1. The molecule has 0 amide bonds. The lowest BCUT2D eigenvalue weighted by atomic mass is 10.2. The van der Waals surface area contributed by atoms with Crippen molar-refractivity contribution < 1.29 is 13.9 Å². The largest absolute Gasteiger partial charge is 0.492 e. The van der Waals surface area contributed by atoms with Crippen molar-refractivity contribution in [1.29, 1.82) is 0 Å². The van der Waals surface area contributed by atoms with Crippen molar-refractivity contribution in [3.05, 3.63) is 71.6 Å². The van der Waals surface area contributed by atoms with Gasteiger partial charge in [0.1, 0.15) is 11.5 Å². The number of aromatic nitrogens is 1. The minimum Gasteiger partial charge on any atom is -0.492 e. The Hall–Kier alpha value is -2.88. The van der Waals surface area contributed by atoms with E-state index < -0.39 is 0 Å². The van der Waals surface area contributed by atoms with Gasteiger partial charge in [0, 0.05) is 12.0 Å². The van der Waals surface area contributed by atoms with Crippen molar-refractivity contribution in [2.24, 2.45) is 0 Å². The molecule has 0 atom stereocenters.